The molecule has 294 valence electrons. The van der Waals surface area contributed by atoms with Crippen molar-refractivity contribution in [1.29, 1.82) is 0 Å². The van der Waals surface area contributed by atoms with E-state index in [4.69, 9.17) is 23.4 Å². The summed E-state index contributed by atoms with van der Waals surface area (Å²) in [6.45, 7) is 27.1. The van der Waals surface area contributed by atoms with Gasteiger partial charge in [0.25, 0.3) is 8.32 Å². The Labute approximate surface area is 318 Å². The van der Waals surface area contributed by atoms with Gasteiger partial charge in [0.2, 0.25) is 0 Å². The van der Waals surface area contributed by atoms with Crippen LogP contribution in [0.1, 0.15) is 96.9 Å². The van der Waals surface area contributed by atoms with Gasteiger partial charge in [-0.3, -0.25) is 4.90 Å². The Bertz CT molecular complexity index is 1540. The predicted octanol–water partition coefficient (Wildman–Crippen LogP) is 6.52. The standard InChI is InChI=1S/C41H63N3O8Si/c1-37(2,3)49-34(45)41(13,14)48-26-25-43-33-31(27-44(43)36(47)51-39(7,8)9)42(35(46)50-38(4,5)6)28-32(33)52-53(40(10,11)12,29-21-17-15-18-22-29)30-23-19-16-20-24-30/h15-24,31-33H,25-28H2,1-14H3. The fourth-order valence-electron chi connectivity index (χ4n) is 7.08. The van der Waals surface area contributed by atoms with Crippen LogP contribution in [-0.4, -0.2) is 108 Å². The fourth-order valence-corrected chi connectivity index (χ4v) is 11.8. The molecule has 11 nitrogen and oxygen atoms in total. The lowest BCUT2D eigenvalue weighted by molar-refractivity contribution is -0.181. The molecule has 2 aromatic rings. The number of hydrogen-bond acceptors (Lipinski definition) is 9. The second-order valence-corrected chi connectivity index (χ2v) is 22.8. The lowest BCUT2D eigenvalue weighted by Gasteiger charge is -2.46. The highest BCUT2D eigenvalue weighted by atomic mass is 28.4. The van der Waals surface area contributed by atoms with Crippen LogP contribution >= 0.6 is 0 Å². The third-order valence-electron chi connectivity index (χ3n) is 9.22. The highest BCUT2D eigenvalue weighted by Crippen LogP contribution is 2.42. The third kappa shape index (κ3) is 10.0. The van der Waals surface area contributed by atoms with Crippen LogP contribution in [-0.2, 0) is 28.2 Å². The number of benzene rings is 2. The Morgan fingerprint density at radius 3 is 1.58 bits per heavy atom. The molecule has 0 spiro atoms. The number of carbonyl (C=O) groups is 3. The quantitative estimate of drug-likeness (QED) is 0.161. The average Bonchev–Trinajstić information content (AvgIpc) is 3.55. The molecule has 0 aliphatic carbocycles. The molecule has 2 amide bonds. The van der Waals surface area contributed by atoms with Crippen molar-refractivity contribution < 1.29 is 37.8 Å². The van der Waals surface area contributed by atoms with Gasteiger partial charge in [-0.25, -0.2) is 24.4 Å². The summed E-state index contributed by atoms with van der Waals surface area (Å²) in [5, 5.41) is 5.32. The van der Waals surface area contributed by atoms with Gasteiger partial charge in [-0.05, 0) is 91.6 Å². The van der Waals surface area contributed by atoms with Crippen LogP contribution in [0, 0.1) is 0 Å². The zero-order valence-corrected chi connectivity index (χ0v) is 35.4. The largest absolute Gasteiger partial charge is 0.458 e. The average molecular weight is 754 g/mol. The molecule has 2 fully saturated rings. The Balaban J connectivity index is 1.83. The molecule has 0 aromatic heterocycles. The minimum absolute atomic E-state index is 0.0765. The number of rotatable bonds is 9. The molecule has 3 atom stereocenters. The van der Waals surface area contributed by atoms with Crippen LogP contribution in [0.5, 0.6) is 0 Å². The topological polar surface area (TPSA) is 107 Å². The summed E-state index contributed by atoms with van der Waals surface area (Å²) in [7, 11) is -3.13. The summed E-state index contributed by atoms with van der Waals surface area (Å²) in [5.41, 5.74) is -3.46. The van der Waals surface area contributed by atoms with Crippen molar-refractivity contribution >= 4 is 36.8 Å². The van der Waals surface area contributed by atoms with Gasteiger partial charge in [-0.1, -0.05) is 81.4 Å². The lowest BCUT2D eigenvalue weighted by atomic mass is 10.1. The molecule has 3 unspecified atom stereocenters. The summed E-state index contributed by atoms with van der Waals surface area (Å²) in [4.78, 5) is 42.8. The van der Waals surface area contributed by atoms with Crippen molar-refractivity contribution in [2.75, 3.05) is 26.2 Å². The summed E-state index contributed by atoms with van der Waals surface area (Å²) in [6, 6.07) is 19.7. The van der Waals surface area contributed by atoms with Crippen molar-refractivity contribution in [3.63, 3.8) is 0 Å². The van der Waals surface area contributed by atoms with E-state index in [9.17, 15) is 14.4 Å². The molecule has 53 heavy (non-hydrogen) atoms. The van der Waals surface area contributed by atoms with Crippen molar-refractivity contribution in [1.82, 2.24) is 14.9 Å². The number of hydrogen-bond donors (Lipinski definition) is 0. The second-order valence-electron chi connectivity index (χ2n) is 18.6. The normalized spacial score (nSPS) is 20.3. The minimum atomic E-state index is -3.13. The van der Waals surface area contributed by atoms with Crippen LogP contribution in [0.15, 0.2) is 60.7 Å². The molecule has 2 aliphatic heterocycles. The number of likely N-dealkylation sites (tertiary alicyclic amines) is 1. The van der Waals surface area contributed by atoms with Crippen molar-refractivity contribution in [3.8, 4) is 0 Å². The molecular weight excluding hydrogens is 691 g/mol. The van der Waals surface area contributed by atoms with Crippen molar-refractivity contribution in [3.05, 3.63) is 60.7 Å². The van der Waals surface area contributed by atoms with Gasteiger partial charge in [0.15, 0.2) is 5.60 Å². The number of nitrogens with zero attached hydrogens (tertiary/aromatic N) is 3. The molecule has 0 radical (unpaired) electrons. The third-order valence-corrected chi connectivity index (χ3v) is 14.3. The van der Waals surface area contributed by atoms with Crippen LogP contribution in [0.3, 0.4) is 0 Å². The van der Waals surface area contributed by atoms with E-state index in [0.29, 0.717) is 0 Å². The molecule has 2 saturated heterocycles. The van der Waals surface area contributed by atoms with Gasteiger partial charge in [-0.2, -0.15) is 0 Å². The lowest BCUT2D eigenvalue weighted by Crippen LogP contribution is -2.69. The van der Waals surface area contributed by atoms with E-state index in [0.717, 1.165) is 10.4 Å². The van der Waals surface area contributed by atoms with Gasteiger partial charge in [0.05, 0.1) is 37.9 Å². The van der Waals surface area contributed by atoms with Crippen LogP contribution < -0.4 is 10.4 Å². The van der Waals surface area contributed by atoms with E-state index in [1.165, 1.54) is 0 Å². The number of fused-ring (bicyclic) bond motifs is 1. The summed E-state index contributed by atoms with van der Waals surface area (Å²) in [6.07, 6.45) is -1.58. The molecule has 2 aromatic carbocycles. The predicted molar refractivity (Wildman–Crippen MR) is 209 cm³/mol. The van der Waals surface area contributed by atoms with E-state index in [1.807, 2.05) is 104 Å². The zero-order valence-electron chi connectivity index (χ0n) is 34.4. The first kappa shape index (κ1) is 42.3. The van der Waals surface area contributed by atoms with Gasteiger partial charge in [0.1, 0.15) is 16.8 Å². The van der Waals surface area contributed by atoms with E-state index >= 15 is 0 Å². The van der Waals surface area contributed by atoms with E-state index < -0.39 is 67.1 Å². The van der Waals surface area contributed by atoms with Gasteiger partial charge < -0.3 is 23.4 Å². The van der Waals surface area contributed by atoms with Gasteiger partial charge >= 0.3 is 18.2 Å². The number of ether oxygens (including phenoxy) is 4. The molecule has 12 heteroatoms. The van der Waals surface area contributed by atoms with E-state index in [2.05, 4.69) is 45.0 Å². The molecular formula is C41H63N3O8Si. The Morgan fingerprint density at radius 2 is 1.13 bits per heavy atom. The van der Waals surface area contributed by atoms with E-state index in [-0.39, 0.29) is 31.3 Å². The number of hydrazine groups is 1. The first-order chi connectivity index (χ1) is 24.3. The SMILES string of the molecule is CC(C)(C)OC(=O)N1CC(O[Si](c2ccccc2)(c2ccccc2)C(C)(C)C)C2C1CN(C(=O)OC(C)(C)C)N2CCOC(C)(C)C(=O)OC(C)(C)C. The number of carbonyl (C=O) groups excluding carboxylic acids is 3. The molecule has 0 N–H and O–H groups in total. The summed E-state index contributed by atoms with van der Waals surface area (Å²) in [5.74, 6) is -0.488. The van der Waals surface area contributed by atoms with E-state index in [1.54, 1.807) is 23.8 Å². The summed E-state index contributed by atoms with van der Waals surface area (Å²) < 4.78 is 31.5. The maximum Gasteiger partial charge on any atom is 0.425 e. The number of amides is 2. The van der Waals surface area contributed by atoms with Crippen molar-refractivity contribution in [2.24, 2.45) is 0 Å². The molecule has 2 aliphatic rings. The maximum absolute atomic E-state index is 14.0. The highest BCUT2D eigenvalue weighted by Gasteiger charge is 2.60. The van der Waals surface area contributed by atoms with Crippen LogP contribution in [0.4, 0.5) is 9.59 Å². The fraction of sp³-hybridized carbons (Fsp3) is 0.634. The Kier molecular flexibility index (Phi) is 12.3. The molecule has 0 bridgehead atoms. The van der Waals surface area contributed by atoms with Crippen molar-refractivity contribution in [2.45, 2.75) is 143 Å². The Hall–Kier alpha value is -3.45. The smallest absolute Gasteiger partial charge is 0.425 e. The van der Waals surface area contributed by atoms with Gasteiger partial charge in [-0.15, -0.1) is 0 Å². The highest BCUT2D eigenvalue weighted by molar-refractivity contribution is 6.99. The zero-order chi connectivity index (χ0) is 39.8. The number of esters is 1. The maximum atomic E-state index is 14.0. The first-order valence-electron chi connectivity index (χ1n) is 18.7. The Morgan fingerprint density at radius 1 is 0.660 bits per heavy atom. The minimum Gasteiger partial charge on any atom is -0.458 e. The monoisotopic (exact) mass is 753 g/mol. The first-order valence-corrected chi connectivity index (χ1v) is 20.6. The summed E-state index contributed by atoms with van der Waals surface area (Å²) >= 11 is 0. The van der Waals surface area contributed by atoms with Crippen LogP contribution in [0.25, 0.3) is 0 Å². The second kappa shape index (κ2) is 15.4. The van der Waals surface area contributed by atoms with Crippen LogP contribution in [0.2, 0.25) is 5.04 Å². The van der Waals surface area contributed by atoms with Gasteiger partial charge in [0, 0.05) is 6.54 Å². The molecule has 0 saturated carbocycles. The molecule has 4 rings (SSSR count). The molecule has 2 heterocycles.